The van der Waals surface area contributed by atoms with Crippen LogP contribution < -0.4 is 4.74 Å². The minimum absolute atomic E-state index is 0.202. The third-order valence-electron chi connectivity index (χ3n) is 4.74. The molecule has 4 rings (SSSR count). The molecule has 2 unspecified atom stereocenters. The normalized spacial score (nSPS) is 18.3. The van der Waals surface area contributed by atoms with Crippen LogP contribution in [0.25, 0.3) is 11.4 Å². The molecule has 7 heteroatoms. The second-order valence-corrected chi connectivity index (χ2v) is 6.59. The molecule has 0 bridgehead atoms. The van der Waals surface area contributed by atoms with Gasteiger partial charge in [0.1, 0.15) is 11.6 Å². The van der Waals surface area contributed by atoms with Crippen LogP contribution in [0, 0.1) is 11.7 Å². The summed E-state index contributed by atoms with van der Waals surface area (Å²) in [6, 6.07) is 10.5. The van der Waals surface area contributed by atoms with Crippen LogP contribution in [-0.4, -0.2) is 32.9 Å². The van der Waals surface area contributed by atoms with Gasteiger partial charge in [0.2, 0.25) is 0 Å². The number of ether oxygens (including phenoxy) is 1. The van der Waals surface area contributed by atoms with Gasteiger partial charge >= 0.3 is 5.97 Å². The van der Waals surface area contributed by atoms with E-state index in [2.05, 4.69) is 15.2 Å². The van der Waals surface area contributed by atoms with E-state index in [4.69, 9.17) is 9.84 Å². The zero-order chi connectivity index (χ0) is 18.8. The van der Waals surface area contributed by atoms with Crippen molar-refractivity contribution < 1.29 is 19.0 Å². The first-order chi connectivity index (χ1) is 13.1. The van der Waals surface area contributed by atoms with Crippen molar-refractivity contribution >= 4 is 5.97 Å². The Hall–Kier alpha value is -3.22. The fraction of sp³-hybridized carbons (Fsp3) is 0.250. The number of nitrogens with zero attached hydrogens (tertiary/aromatic N) is 2. The standard InChI is InChI=1S/C20H18FN3O3/c21-17-9-12(1-3-14(17)15-10-16(15)20(25)26)6-8-27-13-2-4-18(22-11-13)19-5-7-23-24-19/h1-5,7,9,11,15-16H,6,8,10H2,(H,23,24)(H,25,26). The molecule has 1 saturated carbocycles. The Kier molecular flexibility index (Phi) is 4.58. The van der Waals surface area contributed by atoms with E-state index in [1.807, 2.05) is 24.3 Å². The first-order valence-corrected chi connectivity index (χ1v) is 8.71. The van der Waals surface area contributed by atoms with Gasteiger partial charge in [0, 0.05) is 18.5 Å². The number of aromatic nitrogens is 3. The Bertz CT molecular complexity index is 942. The summed E-state index contributed by atoms with van der Waals surface area (Å²) in [7, 11) is 0. The molecule has 0 amide bonds. The van der Waals surface area contributed by atoms with Gasteiger partial charge in [-0.1, -0.05) is 12.1 Å². The number of aromatic amines is 1. The zero-order valence-corrected chi connectivity index (χ0v) is 14.4. The van der Waals surface area contributed by atoms with Crippen LogP contribution in [0.1, 0.15) is 23.5 Å². The third kappa shape index (κ3) is 3.81. The molecule has 3 aromatic rings. The van der Waals surface area contributed by atoms with Crippen molar-refractivity contribution in [1.29, 1.82) is 0 Å². The monoisotopic (exact) mass is 367 g/mol. The molecule has 1 aliphatic carbocycles. The average Bonchev–Trinajstić information content (AvgIpc) is 3.27. The number of pyridine rings is 1. The topological polar surface area (TPSA) is 88.1 Å². The maximum Gasteiger partial charge on any atom is 0.307 e. The lowest BCUT2D eigenvalue weighted by Crippen LogP contribution is -2.03. The highest BCUT2D eigenvalue weighted by atomic mass is 19.1. The van der Waals surface area contributed by atoms with Crippen LogP contribution in [0.4, 0.5) is 4.39 Å². The molecule has 27 heavy (non-hydrogen) atoms. The van der Waals surface area contributed by atoms with E-state index in [9.17, 15) is 9.18 Å². The number of benzene rings is 1. The number of nitrogens with one attached hydrogen (secondary N) is 1. The fourth-order valence-corrected chi connectivity index (χ4v) is 3.15. The Morgan fingerprint density at radius 1 is 1.30 bits per heavy atom. The SMILES string of the molecule is O=C(O)C1CC1c1ccc(CCOc2ccc(-c3ccn[nH]3)nc2)cc1F. The number of carbonyl (C=O) groups is 1. The minimum Gasteiger partial charge on any atom is -0.492 e. The van der Waals surface area contributed by atoms with Gasteiger partial charge in [0.05, 0.1) is 30.1 Å². The van der Waals surface area contributed by atoms with E-state index >= 15 is 0 Å². The molecule has 1 aliphatic rings. The number of halogens is 1. The maximum atomic E-state index is 14.3. The smallest absolute Gasteiger partial charge is 0.307 e. The number of hydrogen-bond donors (Lipinski definition) is 2. The molecule has 0 saturated heterocycles. The van der Waals surface area contributed by atoms with Crippen LogP contribution >= 0.6 is 0 Å². The number of aliphatic carboxylic acids is 1. The summed E-state index contributed by atoms with van der Waals surface area (Å²) < 4.78 is 19.9. The van der Waals surface area contributed by atoms with Gasteiger partial charge in [-0.15, -0.1) is 0 Å². The van der Waals surface area contributed by atoms with Crippen LogP contribution in [0.3, 0.4) is 0 Å². The summed E-state index contributed by atoms with van der Waals surface area (Å²) in [5, 5.41) is 15.7. The van der Waals surface area contributed by atoms with Gasteiger partial charge < -0.3 is 9.84 Å². The Morgan fingerprint density at radius 2 is 2.19 bits per heavy atom. The number of carboxylic acids is 1. The fourth-order valence-electron chi connectivity index (χ4n) is 3.15. The van der Waals surface area contributed by atoms with Crippen LogP contribution in [0.2, 0.25) is 0 Å². The summed E-state index contributed by atoms with van der Waals surface area (Å²) in [5.41, 5.74) is 2.91. The van der Waals surface area contributed by atoms with Gasteiger partial charge in [-0.05, 0) is 41.8 Å². The van der Waals surface area contributed by atoms with Crippen molar-refractivity contribution in [1.82, 2.24) is 15.2 Å². The molecule has 1 aromatic carbocycles. The number of hydrogen-bond acceptors (Lipinski definition) is 4. The van der Waals surface area contributed by atoms with Gasteiger partial charge in [-0.25, -0.2) is 4.39 Å². The van der Waals surface area contributed by atoms with Crippen molar-refractivity contribution in [2.75, 3.05) is 6.61 Å². The molecular weight excluding hydrogens is 349 g/mol. The lowest BCUT2D eigenvalue weighted by molar-refractivity contribution is -0.138. The largest absolute Gasteiger partial charge is 0.492 e. The Morgan fingerprint density at radius 3 is 2.81 bits per heavy atom. The highest BCUT2D eigenvalue weighted by Gasteiger charge is 2.45. The molecule has 0 spiro atoms. The molecule has 0 aliphatic heterocycles. The van der Waals surface area contributed by atoms with E-state index in [1.54, 1.807) is 18.5 Å². The van der Waals surface area contributed by atoms with Gasteiger partial charge in [-0.2, -0.15) is 5.10 Å². The highest BCUT2D eigenvalue weighted by molar-refractivity contribution is 5.75. The predicted molar refractivity (Wildman–Crippen MR) is 95.9 cm³/mol. The second kappa shape index (κ2) is 7.19. The minimum atomic E-state index is -0.857. The molecular formula is C20H18FN3O3. The van der Waals surface area contributed by atoms with Crippen molar-refractivity contribution in [3.8, 4) is 17.1 Å². The van der Waals surface area contributed by atoms with E-state index in [-0.39, 0.29) is 11.7 Å². The molecule has 2 aromatic heterocycles. The highest BCUT2D eigenvalue weighted by Crippen LogP contribution is 2.48. The van der Waals surface area contributed by atoms with Crippen molar-refractivity contribution in [2.45, 2.75) is 18.8 Å². The molecule has 2 atom stereocenters. The van der Waals surface area contributed by atoms with Crippen molar-refractivity contribution in [2.24, 2.45) is 5.92 Å². The molecule has 6 nitrogen and oxygen atoms in total. The first-order valence-electron chi connectivity index (χ1n) is 8.71. The number of H-pyrrole nitrogens is 1. The van der Waals surface area contributed by atoms with E-state index in [1.165, 1.54) is 6.07 Å². The number of rotatable bonds is 7. The van der Waals surface area contributed by atoms with Gasteiger partial charge in [0.25, 0.3) is 0 Å². The Balaban J connectivity index is 1.31. The predicted octanol–water partition coefficient (Wildman–Crippen LogP) is 3.42. The van der Waals surface area contributed by atoms with Crippen LogP contribution in [0.5, 0.6) is 5.75 Å². The van der Waals surface area contributed by atoms with Crippen molar-refractivity contribution in [3.05, 3.63) is 65.7 Å². The lowest BCUT2D eigenvalue weighted by Gasteiger charge is -2.08. The summed E-state index contributed by atoms with van der Waals surface area (Å²) in [4.78, 5) is 15.3. The molecule has 0 radical (unpaired) electrons. The first kappa shape index (κ1) is 17.2. The van der Waals surface area contributed by atoms with Gasteiger partial charge in [-0.3, -0.25) is 14.9 Å². The van der Waals surface area contributed by atoms with Gasteiger partial charge in [0.15, 0.2) is 0 Å². The van der Waals surface area contributed by atoms with Crippen LogP contribution in [0.15, 0.2) is 48.8 Å². The lowest BCUT2D eigenvalue weighted by atomic mass is 10.0. The summed E-state index contributed by atoms with van der Waals surface area (Å²) in [5.74, 6) is -1.22. The third-order valence-corrected chi connectivity index (χ3v) is 4.74. The zero-order valence-electron chi connectivity index (χ0n) is 14.4. The molecule has 2 heterocycles. The quantitative estimate of drug-likeness (QED) is 0.668. The van der Waals surface area contributed by atoms with E-state index in [0.29, 0.717) is 30.8 Å². The second-order valence-electron chi connectivity index (χ2n) is 6.59. The number of carboxylic acid groups (broad SMARTS) is 1. The maximum absolute atomic E-state index is 14.3. The average molecular weight is 367 g/mol. The van der Waals surface area contributed by atoms with Crippen LogP contribution in [-0.2, 0) is 11.2 Å². The summed E-state index contributed by atoms with van der Waals surface area (Å²) in [6.45, 7) is 0.394. The summed E-state index contributed by atoms with van der Waals surface area (Å²) in [6.07, 6.45) is 4.36. The molecule has 138 valence electrons. The molecule has 2 N–H and O–H groups in total. The van der Waals surface area contributed by atoms with E-state index in [0.717, 1.165) is 17.0 Å². The molecule has 1 fully saturated rings. The summed E-state index contributed by atoms with van der Waals surface area (Å²) >= 11 is 0. The Labute approximate surface area is 155 Å². The van der Waals surface area contributed by atoms with Crippen molar-refractivity contribution in [3.63, 3.8) is 0 Å². The van der Waals surface area contributed by atoms with E-state index < -0.39 is 11.9 Å².